The Kier molecular flexibility index (Phi) is 6.62. The van der Waals surface area contributed by atoms with E-state index in [2.05, 4.69) is 11.8 Å². The molecule has 164 valence electrons. The molecule has 1 atom stereocenters. The van der Waals surface area contributed by atoms with Crippen molar-refractivity contribution >= 4 is 33.7 Å². The summed E-state index contributed by atoms with van der Waals surface area (Å²) in [5.41, 5.74) is 1.83. The van der Waals surface area contributed by atoms with Crippen LogP contribution in [-0.2, 0) is 16.5 Å². The fourth-order valence-electron chi connectivity index (χ4n) is 3.99. The van der Waals surface area contributed by atoms with Crippen molar-refractivity contribution in [2.45, 2.75) is 32.5 Å². The first kappa shape index (κ1) is 22.2. The van der Waals surface area contributed by atoms with E-state index >= 15 is 0 Å². The molecule has 0 saturated carbocycles. The SMILES string of the molecule is CCCN(Cn1nc(-c2ccccc2)n(-c2ccc(Cl)cc2)c1=S)C1CCS(=O)(=O)C1. The summed E-state index contributed by atoms with van der Waals surface area (Å²) in [5, 5.41) is 5.51. The van der Waals surface area contributed by atoms with Crippen molar-refractivity contribution in [2.24, 2.45) is 0 Å². The Bertz CT molecular complexity index is 1200. The molecule has 6 nitrogen and oxygen atoms in total. The van der Waals surface area contributed by atoms with E-state index in [4.69, 9.17) is 28.9 Å². The van der Waals surface area contributed by atoms with Crippen molar-refractivity contribution in [2.75, 3.05) is 18.1 Å². The summed E-state index contributed by atoms with van der Waals surface area (Å²) in [4.78, 5) is 2.19. The summed E-state index contributed by atoms with van der Waals surface area (Å²) >= 11 is 11.9. The lowest BCUT2D eigenvalue weighted by molar-refractivity contribution is 0.155. The van der Waals surface area contributed by atoms with E-state index in [1.807, 2.05) is 59.2 Å². The second-order valence-electron chi connectivity index (χ2n) is 7.79. The summed E-state index contributed by atoms with van der Waals surface area (Å²) in [6.45, 7) is 3.33. The van der Waals surface area contributed by atoms with E-state index in [9.17, 15) is 8.42 Å². The minimum absolute atomic E-state index is 0.00675. The summed E-state index contributed by atoms with van der Waals surface area (Å²) < 4.78 is 28.4. The standard InChI is InChI=1S/C22H25ClN4O2S2/c1-2-13-25(20-12-14-31(28,29)15-20)16-26-22(30)27(19-10-8-18(23)9-11-19)21(24-26)17-6-4-3-5-7-17/h3-11,20H,2,12-16H2,1H3. The average molecular weight is 477 g/mol. The van der Waals surface area contributed by atoms with Crippen LogP contribution in [0.3, 0.4) is 0 Å². The maximum atomic E-state index is 12.0. The Morgan fingerprint density at radius 2 is 1.87 bits per heavy atom. The summed E-state index contributed by atoms with van der Waals surface area (Å²) in [5.74, 6) is 1.19. The molecular formula is C22H25ClN4O2S2. The highest BCUT2D eigenvalue weighted by atomic mass is 35.5. The molecule has 1 aliphatic heterocycles. The third-order valence-corrected chi connectivity index (χ3v) is 7.90. The number of hydrogen-bond donors (Lipinski definition) is 0. The zero-order chi connectivity index (χ0) is 22.0. The van der Waals surface area contributed by atoms with E-state index in [0.717, 1.165) is 30.0 Å². The third-order valence-electron chi connectivity index (χ3n) is 5.51. The lowest BCUT2D eigenvalue weighted by Crippen LogP contribution is -2.38. The van der Waals surface area contributed by atoms with Crippen molar-refractivity contribution in [1.29, 1.82) is 0 Å². The van der Waals surface area contributed by atoms with E-state index in [-0.39, 0.29) is 17.5 Å². The Morgan fingerprint density at radius 1 is 1.16 bits per heavy atom. The molecule has 4 rings (SSSR count). The van der Waals surface area contributed by atoms with Gasteiger partial charge in [0.15, 0.2) is 15.7 Å². The summed E-state index contributed by atoms with van der Waals surface area (Å²) in [6.07, 6.45) is 1.58. The molecule has 1 unspecified atom stereocenters. The van der Waals surface area contributed by atoms with Gasteiger partial charge in [0, 0.05) is 16.6 Å². The van der Waals surface area contributed by atoms with Gasteiger partial charge in [0.2, 0.25) is 4.77 Å². The molecule has 0 aliphatic carbocycles. The number of rotatable bonds is 7. The van der Waals surface area contributed by atoms with Crippen LogP contribution in [-0.4, -0.2) is 51.8 Å². The highest BCUT2D eigenvalue weighted by Crippen LogP contribution is 2.25. The Morgan fingerprint density at radius 3 is 2.48 bits per heavy atom. The van der Waals surface area contributed by atoms with Gasteiger partial charge < -0.3 is 0 Å². The van der Waals surface area contributed by atoms with Gasteiger partial charge in [-0.2, -0.15) is 0 Å². The molecule has 1 saturated heterocycles. The minimum Gasteiger partial charge on any atom is -0.280 e. The number of halogens is 1. The van der Waals surface area contributed by atoms with Gasteiger partial charge in [-0.15, -0.1) is 5.10 Å². The van der Waals surface area contributed by atoms with Crippen molar-refractivity contribution in [1.82, 2.24) is 19.2 Å². The molecule has 0 bridgehead atoms. The Balaban J connectivity index is 1.76. The first-order valence-electron chi connectivity index (χ1n) is 10.3. The number of hydrogen-bond acceptors (Lipinski definition) is 5. The Hall–Kier alpha value is -2.00. The van der Waals surface area contributed by atoms with Gasteiger partial charge in [-0.1, -0.05) is 48.9 Å². The van der Waals surface area contributed by atoms with Crippen LogP contribution >= 0.6 is 23.8 Å². The molecule has 1 aliphatic rings. The van der Waals surface area contributed by atoms with Gasteiger partial charge in [-0.05, 0) is 55.9 Å². The number of sulfone groups is 1. The van der Waals surface area contributed by atoms with Crippen molar-refractivity contribution < 1.29 is 8.42 Å². The largest absolute Gasteiger partial charge is 0.280 e. The van der Waals surface area contributed by atoms with Gasteiger partial charge in [0.1, 0.15) is 0 Å². The van der Waals surface area contributed by atoms with Crippen LogP contribution < -0.4 is 0 Å². The molecule has 2 heterocycles. The van der Waals surface area contributed by atoms with Crippen LogP contribution in [0.1, 0.15) is 19.8 Å². The van der Waals surface area contributed by atoms with Gasteiger partial charge in [-0.3, -0.25) is 9.47 Å². The smallest absolute Gasteiger partial charge is 0.204 e. The van der Waals surface area contributed by atoms with Crippen LogP contribution in [0.4, 0.5) is 0 Å². The lowest BCUT2D eigenvalue weighted by Gasteiger charge is -2.27. The van der Waals surface area contributed by atoms with Crippen LogP contribution in [0.25, 0.3) is 17.1 Å². The van der Waals surface area contributed by atoms with Crippen molar-refractivity contribution in [3.63, 3.8) is 0 Å². The zero-order valence-electron chi connectivity index (χ0n) is 17.3. The van der Waals surface area contributed by atoms with Gasteiger partial charge in [0.05, 0.1) is 23.9 Å². The molecule has 0 radical (unpaired) electrons. The van der Waals surface area contributed by atoms with Crippen LogP contribution in [0.2, 0.25) is 5.02 Å². The minimum atomic E-state index is -2.97. The van der Waals surface area contributed by atoms with E-state index in [1.54, 1.807) is 4.68 Å². The molecule has 3 aromatic rings. The zero-order valence-corrected chi connectivity index (χ0v) is 19.7. The second-order valence-corrected chi connectivity index (χ2v) is 10.8. The molecule has 0 spiro atoms. The van der Waals surface area contributed by atoms with Gasteiger partial charge >= 0.3 is 0 Å². The quantitative estimate of drug-likeness (QED) is 0.467. The predicted molar refractivity (Wildman–Crippen MR) is 127 cm³/mol. The van der Waals surface area contributed by atoms with E-state index in [0.29, 0.717) is 22.9 Å². The molecule has 0 N–H and O–H groups in total. The first-order valence-corrected chi connectivity index (χ1v) is 12.9. The first-order chi connectivity index (χ1) is 14.9. The molecule has 1 fully saturated rings. The predicted octanol–water partition coefficient (Wildman–Crippen LogP) is 4.58. The van der Waals surface area contributed by atoms with Crippen LogP contribution in [0.15, 0.2) is 54.6 Å². The van der Waals surface area contributed by atoms with Gasteiger partial charge in [-0.25, -0.2) is 13.1 Å². The summed E-state index contributed by atoms with van der Waals surface area (Å²) in [6, 6.07) is 17.4. The molecule has 1 aromatic heterocycles. The molecule has 2 aromatic carbocycles. The Labute approximate surface area is 193 Å². The topological polar surface area (TPSA) is 60.1 Å². The molecular weight excluding hydrogens is 452 g/mol. The maximum Gasteiger partial charge on any atom is 0.204 e. The number of aromatic nitrogens is 3. The highest BCUT2D eigenvalue weighted by Gasteiger charge is 2.32. The number of nitrogens with zero attached hydrogens (tertiary/aromatic N) is 4. The van der Waals surface area contributed by atoms with Crippen LogP contribution in [0.5, 0.6) is 0 Å². The fraction of sp³-hybridized carbons (Fsp3) is 0.364. The van der Waals surface area contributed by atoms with E-state index < -0.39 is 9.84 Å². The normalized spacial score (nSPS) is 18.0. The third kappa shape index (κ3) is 4.92. The monoisotopic (exact) mass is 476 g/mol. The molecule has 9 heteroatoms. The summed E-state index contributed by atoms with van der Waals surface area (Å²) in [7, 11) is -2.97. The second kappa shape index (κ2) is 9.24. The number of benzene rings is 2. The van der Waals surface area contributed by atoms with Crippen LogP contribution in [0, 0.1) is 4.77 Å². The van der Waals surface area contributed by atoms with E-state index in [1.165, 1.54) is 0 Å². The fourth-order valence-corrected chi connectivity index (χ4v) is 6.17. The van der Waals surface area contributed by atoms with Crippen molar-refractivity contribution in [3.05, 3.63) is 64.4 Å². The highest BCUT2D eigenvalue weighted by molar-refractivity contribution is 7.91. The average Bonchev–Trinajstić information content (AvgIpc) is 3.28. The maximum absolute atomic E-state index is 12.0. The van der Waals surface area contributed by atoms with Crippen molar-refractivity contribution in [3.8, 4) is 17.1 Å². The lowest BCUT2D eigenvalue weighted by atomic mass is 10.2. The molecule has 31 heavy (non-hydrogen) atoms. The molecule has 0 amide bonds. The van der Waals surface area contributed by atoms with Gasteiger partial charge in [0.25, 0.3) is 0 Å².